The van der Waals surface area contributed by atoms with E-state index in [0.29, 0.717) is 10.4 Å². The molecule has 26 heavy (non-hydrogen) atoms. The van der Waals surface area contributed by atoms with Crippen LogP contribution in [0.25, 0.3) is 11.0 Å². The van der Waals surface area contributed by atoms with Crippen LogP contribution >= 0.6 is 0 Å². The molecule has 2 amide bonds. The van der Waals surface area contributed by atoms with E-state index in [0.717, 1.165) is 0 Å². The molecule has 0 bridgehead atoms. The second-order valence-corrected chi connectivity index (χ2v) is 5.71. The highest BCUT2D eigenvalue weighted by Gasteiger charge is 2.39. The van der Waals surface area contributed by atoms with Gasteiger partial charge in [0, 0.05) is 5.56 Å². The van der Waals surface area contributed by atoms with E-state index < -0.39 is 17.8 Å². The predicted octanol–water partition coefficient (Wildman–Crippen LogP) is 2.47. The van der Waals surface area contributed by atoms with Crippen LogP contribution in [0, 0.1) is 6.92 Å². The fraction of sp³-hybridized carbons (Fsp3) is 0.0526. The number of fused-ring (bicyclic) bond motifs is 2. The van der Waals surface area contributed by atoms with Crippen molar-refractivity contribution >= 4 is 28.8 Å². The number of hydrogen-bond acceptors (Lipinski definition) is 6. The molecule has 1 aliphatic rings. The molecule has 0 radical (unpaired) electrons. The van der Waals surface area contributed by atoms with E-state index in [9.17, 15) is 19.2 Å². The van der Waals surface area contributed by atoms with Crippen LogP contribution in [0.1, 0.15) is 36.8 Å². The Hall–Kier alpha value is -3.74. The topological polar surface area (TPSA) is 93.9 Å². The molecule has 0 saturated heterocycles. The lowest BCUT2D eigenvalue weighted by atomic mass is 10.1. The van der Waals surface area contributed by atoms with Gasteiger partial charge in [0.05, 0.1) is 16.5 Å². The number of carbonyl (C=O) groups excluding carboxylic acids is 3. The van der Waals surface area contributed by atoms with Gasteiger partial charge in [-0.15, -0.1) is 0 Å². The maximum absolute atomic E-state index is 12.5. The number of hydroxylamine groups is 2. The molecule has 0 fully saturated rings. The first-order chi connectivity index (χ1) is 12.5. The molecule has 0 N–H and O–H groups in total. The van der Waals surface area contributed by atoms with Crippen LogP contribution < -0.4 is 5.43 Å². The third kappa shape index (κ3) is 2.21. The minimum atomic E-state index is -1.10. The summed E-state index contributed by atoms with van der Waals surface area (Å²) in [5, 5.41) is 0.698. The Balaban J connectivity index is 1.71. The summed E-state index contributed by atoms with van der Waals surface area (Å²) in [6, 6.07) is 12.6. The third-order valence-electron chi connectivity index (χ3n) is 4.14. The number of benzene rings is 2. The monoisotopic (exact) mass is 349 g/mol. The molecular weight excluding hydrogens is 338 g/mol. The van der Waals surface area contributed by atoms with Crippen molar-refractivity contribution in [2.24, 2.45) is 0 Å². The van der Waals surface area contributed by atoms with Gasteiger partial charge in [0.15, 0.2) is 5.43 Å². The van der Waals surface area contributed by atoms with Crippen molar-refractivity contribution in [1.29, 1.82) is 0 Å². The van der Waals surface area contributed by atoms with Crippen LogP contribution in [-0.2, 0) is 4.84 Å². The molecule has 0 spiro atoms. The van der Waals surface area contributed by atoms with Gasteiger partial charge in [0.2, 0.25) is 5.76 Å². The summed E-state index contributed by atoms with van der Waals surface area (Å²) >= 11 is 0. The molecule has 0 saturated carbocycles. The zero-order chi connectivity index (χ0) is 18.4. The number of hydrogen-bond donors (Lipinski definition) is 0. The summed E-state index contributed by atoms with van der Waals surface area (Å²) in [4.78, 5) is 54.3. The average Bonchev–Trinajstić information content (AvgIpc) is 2.90. The highest BCUT2D eigenvalue weighted by molar-refractivity contribution is 6.21. The van der Waals surface area contributed by atoms with Crippen molar-refractivity contribution in [2.75, 3.05) is 0 Å². The Morgan fingerprint density at radius 3 is 2.15 bits per heavy atom. The van der Waals surface area contributed by atoms with E-state index in [4.69, 9.17) is 9.25 Å². The molecule has 128 valence electrons. The lowest BCUT2D eigenvalue weighted by Gasteiger charge is -2.13. The van der Waals surface area contributed by atoms with Gasteiger partial charge in [-0.1, -0.05) is 29.3 Å². The smallest absolute Gasteiger partial charge is 0.399 e. The van der Waals surface area contributed by atoms with Gasteiger partial charge in [0.1, 0.15) is 5.58 Å². The molecule has 7 nitrogen and oxygen atoms in total. The van der Waals surface area contributed by atoms with Crippen molar-refractivity contribution in [3.8, 4) is 0 Å². The van der Waals surface area contributed by atoms with Crippen molar-refractivity contribution < 1.29 is 23.6 Å². The summed E-state index contributed by atoms with van der Waals surface area (Å²) in [7, 11) is 0. The van der Waals surface area contributed by atoms with Crippen molar-refractivity contribution in [3.63, 3.8) is 0 Å². The maximum Gasteiger partial charge on any atom is 0.399 e. The molecule has 0 atom stereocenters. The van der Waals surface area contributed by atoms with Crippen LogP contribution in [0.4, 0.5) is 0 Å². The molecule has 4 rings (SSSR count). The predicted molar refractivity (Wildman–Crippen MR) is 89.6 cm³/mol. The van der Waals surface area contributed by atoms with E-state index >= 15 is 0 Å². The molecule has 3 aromatic rings. The molecular formula is C19H11NO6. The molecule has 0 unspecified atom stereocenters. The second kappa shape index (κ2) is 5.66. The van der Waals surface area contributed by atoms with E-state index in [1.54, 1.807) is 30.3 Å². The standard InChI is InChI=1S/C19H11NO6/c1-10-15(21)13-8-4-5-9-14(13)25-16(10)19(24)26-20-17(22)11-6-2-3-7-12(11)18(20)23/h2-9H,1H3. The number of nitrogens with zero attached hydrogens (tertiary/aromatic N) is 1. The highest BCUT2D eigenvalue weighted by Crippen LogP contribution is 2.24. The summed E-state index contributed by atoms with van der Waals surface area (Å²) < 4.78 is 5.47. The van der Waals surface area contributed by atoms with Crippen LogP contribution in [-0.4, -0.2) is 22.8 Å². The Labute approximate surface area is 146 Å². The van der Waals surface area contributed by atoms with Crippen LogP contribution in [0.2, 0.25) is 0 Å². The van der Waals surface area contributed by atoms with Gasteiger partial charge in [-0.3, -0.25) is 14.4 Å². The number of amides is 2. The van der Waals surface area contributed by atoms with E-state index in [1.807, 2.05) is 0 Å². The highest BCUT2D eigenvalue weighted by atomic mass is 16.7. The molecule has 1 aliphatic heterocycles. The van der Waals surface area contributed by atoms with Crippen molar-refractivity contribution in [2.45, 2.75) is 6.92 Å². The van der Waals surface area contributed by atoms with Crippen molar-refractivity contribution in [1.82, 2.24) is 5.06 Å². The normalized spacial score (nSPS) is 13.2. The molecule has 0 aliphatic carbocycles. The SMILES string of the molecule is Cc1c(C(=O)ON2C(=O)c3ccccc3C2=O)oc2ccccc2c1=O. The summed E-state index contributed by atoms with van der Waals surface area (Å²) in [6.45, 7) is 1.41. The molecule has 7 heteroatoms. The Kier molecular flexibility index (Phi) is 3.43. The van der Waals surface area contributed by atoms with Gasteiger partial charge in [0.25, 0.3) is 11.8 Å². The van der Waals surface area contributed by atoms with Gasteiger partial charge in [-0.25, -0.2) is 4.79 Å². The minimum Gasteiger partial charge on any atom is -0.448 e. The Morgan fingerprint density at radius 2 is 1.50 bits per heavy atom. The Morgan fingerprint density at radius 1 is 0.923 bits per heavy atom. The van der Waals surface area contributed by atoms with E-state index in [1.165, 1.54) is 25.1 Å². The lowest BCUT2D eigenvalue weighted by molar-refractivity contribution is -0.0603. The van der Waals surface area contributed by atoms with Gasteiger partial charge in [-0.2, -0.15) is 0 Å². The zero-order valence-corrected chi connectivity index (χ0v) is 13.5. The first-order valence-electron chi connectivity index (χ1n) is 7.71. The minimum absolute atomic E-state index is 0.0327. The molecule has 1 aromatic heterocycles. The third-order valence-corrected chi connectivity index (χ3v) is 4.14. The summed E-state index contributed by atoms with van der Waals surface area (Å²) in [6.07, 6.45) is 0. The number of imide groups is 1. The quantitative estimate of drug-likeness (QED) is 0.660. The largest absolute Gasteiger partial charge is 0.448 e. The summed E-state index contributed by atoms with van der Waals surface area (Å²) in [5.74, 6) is -2.95. The lowest BCUT2D eigenvalue weighted by Crippen LogP contribution is -2.33. The Bertz CT molecular complexity index is 1130. The number of para-hydroxylation sites is 1. The average molecular weight is 349 g/mol. The number of carbonyl (C=O) groups is 3. The van der Waals surface area contributed by atoms with E-state index in [2.05, 4.69) is 0 Å². The zero-order valence-electron chi connectivity index (χ0n) is 13.5. The second-order valence-electron chi connectivity index (χ2n) is 5.71. The van der Waals surface area contributed by atoms with Crippen LogP contribution in [0.3, 0.4) is 0 Å². The van der Waals surface area contributed by atoms with Crippen molar-refractivity contribution in [3.05, 3.63) is 81.2 Å². The fourth-order valence-corrected chi connectivity index (χ4v) is 2.80. The number of rotatable bonds is 2. The van der Waals surface area contributed by atoms with Gasteiger partial charge in [-0.05, 0) is 31.2 Å². The van der Waals surface area contributed by atoms with Gasteiger partial charge < -0.3 is 9.25 Å². The van der Waals surface area contributed by atoms with Crippen LogP contribution in [0.15, 0.2) is 57.7 Å². The van der Waals surface area contributed by atoms with E-state index in [-0.39, 0.29) is 33.5 Å². The first-order valence-corrected chi connectivity index (χ1v) is 7.71. The summed E-state index contributed by atoms with van der Waals surface area (Å²) in [5.41, 5.74) is 0.132. The molecule has 2 aromatic carbocycles. The maximum atomic E-state index is 12.5. The molecule has 2 heterocycles. The van der Waals surface area contributed by atoms with Crippen LogP contribution in [0.5, 0.6) is 0 Å². The first kappa shape index (κ1) is 15.8. The fourth-order valence-electron chi connectivity index (χ4n) is 2.80. The van der Waals surface area contributed by atoms with Gasteiger partial charge >= 0.3 is 5.97 Å².